The molecule has 0 radical (unpaired) electrons. The molecule has 3 rings (SSSR count). The fourth-order valence-electron chi connectivity index (χ4n) is 1.91. The Balaban J connectivity index is 1.87. The van der Waals surface area contributed by atoms with Gasteiger partial charge < -0.3 is 9.47 Å². The van der Waals surface area contributed by atoms with Crippen LogP contribution in [0.4, 0.5) is 0 Å². The Bertz CT molecular complexity index is 557. The van der Waals surface area contributed by atoms with E-state index >= 15 is 0 Å². The first-order valence-electron chi connectivity index (χ1n) is 6.07. The van der Waals surface area contributed by atoms with Gasteiger partial charge in [0.1, 0.15) is 6.61 Å². The highest BCUT2D eigenvalue weighted by Crippen LogP contribution is 2.34. The Morgan fingerprint density at radius 3 is 2.89 bits per heavy atom. The van der Waals surface area contributed by atoms with E-state index in [0.717, 1.165) is 23.6 Å². The van der Waals surface area contributed by atoms with Crippen molar-refractivity contribution < 1.29 is 9.47 Å². The maximum Gasteiger partial charge on any atom is 0.192 e. The van der Waals surface area contributed by atoms with Crippen molar-refractivity contribution in [1.29, 1.82) is 0 Å². The standard InChI is InChI=1S/C14H14N2O2/c1-2-10-7-8-15-14(16-10)13-9-17-11-5-3-4-6-12(11)18-13/h3-8,13H,2,9H2,1H3. The zero-order valence-electron chi connectivity index (χ0n) is 10.2. The van der Waals surface area contributed by atoms with Crippen molar-refractivity contribution >= 4 is 0 Å². The van der Waals surface area contributed by atoms with Crippen molar-refractivity contribution in [1.82, 2.24) is 9.97 Å². The molecule has 0 spiro atoms. The van der Waals surface area contributed by atoms with Gasteiger partial charge in [0.15, 0.2) is 23.4 Å². The third-order valence-corrected chi connectivity index (χ3v) is 2.89. The van der Waals surface area contributed by atoms with Crippen LogP contribution in [-0.4, -0.2) is 16.6 Å². The number of para-hydroxylation sites is 2. The minimum atomic E-state index is -0.230. The van der Waals surface area contributed by atoms with E-state index < -0.39 is 0 Å². The van der Waals surface area contributed by atoms with Crippen LogP contribution in [0.2, 0.25) is 0 Å². The van der Waals surface area contributed by atoms with Crippen LogP contribution in [0.1, 0.15) is 24.5 Å². The third-order valence-electron chi connectivity index (χ3n) is 2.89. The molecule has 2 heterocycles. The van der Waals surface area contributed by atoms with Crippen molar-refractivity contribution in [3.05, 3.63) is 48.0 Å². The van der Waals surface area contributed by atoms with Crippen molar-refractivity contribution in [2.75, 3.05) is 6.61 Å². The lowest BCUT2D eigenvalue weighted by Gasteiger charge is -2.25. The number of hydrogen-bond acceptors (Lipinski definition) is 4. The minimum absolute atomic E-state index is 0.230. The summed E-state index contributed by atoms with van der Waals surface area (Å²) in [5.74, 6) is 2.21. The maximum atomic E-state index is 5.87. The fraction of sp³-hybridized carbons (Fsp3) is 0.286. The highest BCUT2D eigenvalue weighted by atomic mass is 16.6. The molecule has 18 heavy (non-hydrogen) atoms. The average molecular weight is 242 g/mol. The molecule has 0 aliphatic carbocycles. The molecule has 4 nitrogen and oxygen atoms in total. The van der Waals surface area contributed by atoms with Gasteiger partial charge in [-0.15, -0.1) is 0 Å². The zero-order chi connectivity index (χ0) is 12.4. The van der Waals surface area contributed by atoms with Crippen molar-refractivity contribution in [3.63, 3.8) is 0 Å². The SMILES string of the molecule is CCc1ccnc(C2COc3ccccc3O2)n1. The molecule has 1 atom stereocenters. The van der Waals surface area contributed by atoms with Crippen LogP contribution in [0.25, 0.3) is 0 Å². The van der Waals surface area contributed by atoms with Crippen LogP contribution in [0.3, 0.4) is 0 Å². The van der Waals surface area contributed by atoms with E-state index in [0.29, 0.717) is 12.4 Å². The highest BCUT2D eigenvalue weighted by Gasteiger charge is 2.24. The molecule has 1 aliphatic rings. The highest BCUT2D eigenvalue weighted by molar-refractivity contribution is 5.41. The van der Waals surface area contributed by atoms with E-state index in [1.54, 1.807) is 6.20 Å². The van der Waals surface area contributed by atoms with E-state index in [1.165, 1.54) is 0 Å². The third kappa shape index (κ3) is 2.01. The summed E-state index contributed by atoms with van der Waals surface area (Å²) in [7, 11) is 0. The van der Waals surface area contributed by atoms with Crippen LogP contribution in [0.15, 0.2) is 36.5 Å². The van der Waals surface area contributed by atoms with E-state index in [4.69, 9.17) is 9.47 Å². The molecule has 0 fully saturated rings. The summed E-state index contributed by atoms with van der Waals surface area (Å²) in [5.41, 5.74) is 1.02. The van der Waals surface area contributed by atoms with Gasteiger partial charge in [-0.05, 0) is 24.6 Å². The lowest BCUT2D eigenvalue weighted by Crippen LogP contribution is -2.23. The lowest BCUT2D eigenvalue weighted by molar-refractivity contribution is 0.0849. The number of fused-ring (bicyclic) bond motifs is 1. The molecule has 0 saturated carbocycles. The fourth-order valence-corrected chi connectivity index (χ4v) is 1.91. The second-order valence-electron chi connectivity index (χ2n) is 4.12. The molecule has 4 heteroatoms. The Hall–Kier alpha value is -2.10. The zero-order valence-corrected chi connectivity index (χ0v) is 10.2. The second kappa shape index (κ2) is 4.64. The second-order valence-corrected chi connectivity index (χ2v) is 4.12. The number of aromatic nitrogens is 2. The van der Waals surface area contributed by atoms with E-state index in [-0.39, 0.29) is 6.10 Å². The maximum absolute atomic E-state index is 5.87. The molecular weight excluding hydrogens is 228 g/mol. The quantitative estimate of drug-likeness (QED) is 0.811. The first-order chi connectivity index (χ1) is 8.86. The molecule has 1 unspecified atom stereocenters. The molecule has 0 N–H and O–H groups in total. The first-order valence-corrected chi connectivity index (χ1v) is 6.07. The van der Waals surface area contributed by atoms with Gasteiger partial charge in [-0.25, -0.2) is 9.97 Å². The smallest absolute Gasteiger partial charge is 0.192 e. The van der Waals surface area contributed by atoms with Gasteiger partial charge >= 0.3 is 0 Å². The van der Waals surface area contributed by atoms with Crippen LogP contribution in [0, 0.1) is 0 Å². The number of aryl methyl sites for hydroxylation is 1. The number of ether oxygens (including phenoxy) is 2. The summed E-state index contributed by atoms with van der Waals surface area (Å²) < 4.78 is 11.5. The normalized spacial score (nSPS) is 17.5. The largest absolute Gasteiger partial charge is 0.485 e. The summed E-state index contributed by atoms with van der Waals surface area (Å²) in [6, 6.07) is 9.56. The molecule has 92 valence electrons. The average Bonchev–Trinajstić information content (AvgIpc) is 2.47. The molecule has 0 bridgehead atoms. The molecule has 1 aromatic carbocycles. The summed E-state index contributed by atoms with van der Waals surface area (Å²) >= 11 is 0. The molecule has 1 aliphatic heterocycles. The Kier molecular flexibility index (Phi) is 2.84. The molecule has 0 saturated heterocycles. The predicted molar refractivity (Wildman–Crippen MR) is 66.7 cm³/mol. The van der Waals surface area contributed by atoms with Gasteiger partial charge in [0.05, 0.1) is 0 Å². The van der Waals surface area contributed by atoms with Gasteiger partial charge in [-0.2, -0.15) is 0 Å². The van der Waals surface area contributed by atoms with E-state index in [9.17, 15) is 0 Å². The van der Waals surface area contributed by atoms with Crippen molar-refractivity contribution in [3.8, 4) is 11.5 Å². The predicted octanol–water partition coefficient (Wildman–Crippen LogP) is 2.55. The number of benzene rings is 1. The van der Waals surface area contributed by atoms with E-state index in [1.807, 2.05) is 30.3 Å². The first kappa shape index (κ1) is 11.0. The van der Waals surface area contributed by atoms with E-state index in [2.05, 4.69) is 16.9 Å². The number of hydrogen-bond donors (Lipinski definition) is 0. The monoisotopic (exact) mass is 242 g/mol. The van der Waals surface area contributed by atoms with Crippen LogP contribution < -0.4 is 9.47 Å². The topological polar surface area (TPSA) is 44.2 Å². The van der Waals surface area contributed by atoms with Crippen molar-refractivity contribution in [2.24, 2.45) is 0 Å². The molecule has 0 amide bonds. The Morgan fingerprint density at radius 1 is 1.22 bits per heavy atom. The Labute approximate surface area is 106 Å². The summed E-state index contributed by atoms with van der Waals surface area (Å²) in [6.07, 6.45) is 2.43. The summed E-state index contributed by atoms with van der Waals surface area (Å²) in [6.45, 7) is 2.52. The van der Waals surface area contributed by atoms with Gasteiger partial charge in [0.25, 0.3) is 0 Å². The Morgan fingerprint density at radius 2 is 2.06 bits per heavy atom. The molecular formula is C14H14N2O2. The van der Waals surface area contributed by atoms with Gasteiger partial charge in [0.2, 0.25) is 0 Å². The van der Waals surface area contributed by atoms with Crippen LogP contribution >= 0.6 is 0 Å². The van der Waals surface area contributed by atoms with Crippen LogP contribution in [-0.2, 0) is 6.42 Å². The molecule has 2 aromatic rings. The summed E-state index contributed by atoms with van der Waals surface area (Å²) in [4.78, 5) is 8.74. The van der Waals surface area contributed by atoms with Gasteiger partial charge in [-0.1, -0.05) is 19.1 Å². The number of rotatable bonds is 2. The van der Waals surface area contributed by atoms with Crippen molar-refractivity contribution in [2.45, 2.75) is 19.4 Å². The number of nitrogens with zero attached hydrogens (tertiary/aromatic N) is 2. The minimum Gasteiger partial charge on any atom is -0.485 e. The lowest BCUT2D eigenvalue weighted by atomic mass is 10.2. The van der Waals surface area contributed by atoms with Gasteiger partial charge in [-0.3, -0.25) is 0 Å². The molecule has 1 aromatic heterocycles. The van der Waals surface area contributed by atoms with Gasteiger partial charge in [0, 0.05) is 11.9 Å². The van der Waals surface area contributed by atoms with Crippen LogP contribution in [0.5, 0.6) is 11.5 Å². The summed E-state index contributed by atoms with van der Waals surface area (Å²) in [5, 5.41) is 0.